The largest absolute Gasteiger partial charge is 0.477 e. The first kappa shape index (κ1) is 8.53. The summed E-state index contributed by atoms with van der Waals surface area (Å²) in [5, 5.41) is 0. The molecular formula is C8H15NO2. The van der Waals surface area contributed by atoms with Gasteiger partial charge in [-0.1, -0.05) is 0 Å². The quantitative estimate of drug-likeness (QED) is 0.603. The third-order valence-corrected chi connectivity index (χ3v) is 1.82. The number of methoxy groups -OCH3 is 1. The number of nitrogens with zero attached hydrogens (tertiary/aromatic N) is 1. The molecule has 0 amide bonds. The minimum atomic E-state index is -0.370. The first-order valence-electron chi connectivity index (χ1n) is 3.82. The average Bonchev–Trinajstić information content (AvgIpc) is 2.36. The summed E-state index contributed by atoms with van der Waals surface area (Å²) in [6.45, 7) is 6.61. The van der Waals surface area contributed by atoms with Gasteiger partial charge in [0.05, 0.1) is 6.04 Å². The zero-order valence-electron chi connectivity index (χ0n) is 7.55. The van der Waals surface area contributed by atoms with E-state index in [9.17, 15) is 0 Å². The lowest BCUT2D eigenvalue weighted by molar-refractivity contribution is 0.0619. The zero-order chi connectivity index (χ0) is 8.48. The Morgan fingerprint density at radius 3 is 2.64 bits per heavy atom. The summed E-state index contributed by atoms with van der Waals surface area (Å²) < 4.78 is 10.6. The summed E-state index contributed by atoms with van der Waals surface area (Å²) in [6, 6.07) is 0.277. The molecule has 0 N–H and O–H groups in total. The van der Waals surface area contributed by atoms with Gasteiger partial charge in [-0.2, -0.15) is 0 Å². The van der Waals surface area contributed by atoms with Crippen molar-refractivity contribution < 1.29 is 9.47 Å². The SMILES string of the molecule is COC(C)(C)C1=NC(C)CO1. The van der Waals surface area contributed by atoms with Crippen LogP contribution in [-0.2, 0) is 9.47 Å². The highest BCUT2D eigenvalue weighted by molar-refractivity contribution is 5.85. The fraction of sp³-hybridized carbons (Fsp3) is 0.875. The molecule has 1 unspecified atom stereocenters. The molecule has 1 rings (SSSR count). The molecule has 0 spiro atoms. The van der Waals surface area contributed by atoms with Crippen LogP contribution in [0.5, 0.6) is 0 Å². The third-order valence-electron chi connectivity index (χ3n) is 1.82. The van der Waals surface area contributed by atoms with E-state index in [4.69, 9.17) is 9.47 Å². The second-order valence-corrected chi connectivity index (χ2v) is 3.31. The molecule has 11 heavy (non-hydrogen) atoms. The van der Waals surface area contributed by atoms with Crippen molar-refractivity contribution in [2.75, 3.05) is 13.7 Å². The van der Waals surface area contributed by atoms with Crippen LogP contribution in [0.3, 0.4) is 0 Å². The van der Waals surface area contributed by atoms with Crippen molar-refractivity contribution in [3.8, 4) is 0 Å². The van der Waals surface area contributed by atoms with Crippen LogP contribution in [0.1, 0.15) is 20.8 Å². The van der Waals surface area contributed by atoms with Crippen molar-refractivity contribution in [1.82, 2.24) is 0 Å². The first-order chi connectivity index (χ1) is 5.06. The van der Waals surface area contributed by atoms with Crippen LogP contribution in [0.2, 0.25) is 0 Å². The van der Waals surface area contributed by atoms with Crippen molar-refractivity contribution in [2.24, 2.45) is 4.99 Å². The Morgan fingerprint density at radius 1 is 1.64 bits per heavy atom. The number of hydrogen-bond donors (Lipinski definition) is 0. The molecule has 64 valence electrons. The van der Waals surface area contributed by atoms with Crippen LogP contribution in [-0.4, -0.2) is 31.3 Å². The van der Waals surface area contributed by atoms with Gasteiger partial charge in [-0.15, -0.1) is 0 Å². The van der Waals surface area contributed by atoms with E-state index in [-0.39, 0.29) is 11.6 Å². The maximum Gasteiger partial charge on any atom is 0.216 e. The lowest BCUT2D eigenvalue weighted by atomic mass is 10.1. The number of rotatable bonds is 2. The van der Waals surface area contributed by atoms with E-state index in [1.165, 1.54) is 0 Å². The molecule has 1 aliphatic heterocycles. The van der Waals surface area contributed by atoms with Gasteiger partial charge in [-0.25, -0.2) is 4.99 Å². The first-order valence-corrected chi connectivity index (χ1v) is 3.82. The van der Waals surface area contributed by atoms with Gasteiger partial charge in [0.15, 0.2) is 0 Å². The number of ether oxygens (including phenoxy) is 2. The highest BCUT2D eigenvalue weighted by Gasteiger charge is 2.30. The van der Waals surface area contributed by atoms with E-state index in [0.717, 1.165) is 0 Å². The summed E-state index contributed by atoms with van der Waals surface area (Å²) in [4.78, 5) is 4.30. The standard InChI is InChI=1S/C8H15NO2/c1-6-5-11-7(9-6)8(2,3)10-4/h6H,5H2,1-4H3. The molecular weight excluding hydrogens is 142 g/mol. The lowest BCUT2D eigenvalue weighted by Gasteiger charge is -2.21. The van der Waals surface area contributed by atoms with E-state index in [0.29, 0.717) is 12.5 Å². The third kappa shape index (κ3) is 1.71. The van der Waals surface area contributed by atoms with E-state index in [1.807, 2.05) is 20.8 Å². The van der Waals surface area contributed by atoms with Crippen molar-refractivity contribution in [2.45, 2.75) is 32.4 Å². The summed E-state index contributed by atoms with van der Waals surface area (Å²) in [6.07, 6.45) is 0. The Labute approximate surface area is 67.4 Å². The predicted octanol–water partition coefficient (Wildman–Crippen LogP) is 1.23. The smallest absolute Gasteiger partial charge is 0.216 e. The van der Waals surface area contributed by atoms with Crippen LogP contribution in [0.25, 0.3) is 0 Å². The zero-order valence-corrected chi connectivity index (χ0v) is 7.55. The second kappa shape index (κ2) is 2.81. The summed E-state index contributed by atoms with van der Waals surface area (Å²) >= 11 is 0. The average molecular weight is 157 g/mol. The minimum Gasteiger partial charge on any atom is -0.477 e. The molecule has 0 aliphatic carbocycles. The monoisotopic (exact) mass is 157 g/mol. The predicted molar refractivity (Wildman–Crippen MR) is 43.9 cm³/mol. The molecule has 0 saturated carbocycles. The van der Waals surface area contributed by atoms with Gasteiger partial charge in [0.25, 0.3) is 0 Å². The maximum atomic E-state index is 5.35. The Balaban J connectivity index is 2.68. The molecule has 0 bridgehead atoms. The topological polar surface area (TPSA) is 30.8 Å². The molecule has 0 fully saturated rings. The van der Waals surface area contributed by atoms with E-state index in [1.54, 1.807) is 7.11 Å². The highest BCUT2D eigenvalue weighted by Crippen LogP contribution is 2.17. The van der Waals surface area contributed by atoms with Crippen LogP contribution >= 0.6 is 0 Å². The molecule has 0 aromatic heterocycles. The van der Waals surface area contributed by atoms with E-state index < -0.39 is 0 Å². The number of aliphatic imine (C=N–C) groups is 1. The van der Waals surface area contributed by atoms with E-state index in [2.05, 4.69) is 4.99 Å². The van der Waals surface area contributed by atoms with Crippen LogP contribution in [0.15, 0.2) is 4.99 Å². The highest BCUT2D eigenvalue weighted by atomic mass is 16.5. The van der Waals surface area contributed by atoms with Gasteiger partial charge in [0.2, 0.25) is 5.90 Å². The maximum absolute atomic E-state index is 5.35. The molecule has 1 heterocycles. The van der Waals surface area contributed by atoms with Gasteiger partial charge in [-0.05, 0) is 20.8 Å². The molecule has 0 aromatic rings. The fourth-order valence-corrected chi connectivity index (χ4v) is 0.891. The number of hydrogen-bond acceptors (Lipinski definition) is 3. The van der Waals surface area contributed by atoms with Crippen molar-refractivity contribution in [1.29, 1.82) is 0 Å². The summed E-state index contributed by atoms with van der Waals surface area (Å²) in [5.74, 6) is 0.715. The fourth-order valence-electron chi connectivity index (χ4n) is 0.891. The van der Waals surface area contributed by atoms with Gasteiger partial charge in [0, 0.05) is 7.11 Å². The van der Waals surface area contributed by atoms with Gasteiger partial charge >= 0.3 is 0 Å². The van der Waals surface area contributed by atoms with E-state index >= 15 is 0 Å². The minimum absolute atomic E-state index is 0.277. The second-order valence-electron chi connectivity index (χ2n) is 3.31. The molecule has 1 atom stereocenters. The lowest BCUT2D eigenvalue weighted by Crippen LogP contribution is -2.33. The molecule has 0 saturated heterocycles. The van der Waals surface area contributed by atoms with Crippen LogP contribution < -0.4 is 0 Å². The summed E-state index contributed by atoms with van der Waals surface area (Å²) in [7, 11) is 1.66. The molecule has 3 nitrogen and oxygen atoms in total. The van der Waals surface area contributed by atoms with Gasteiger partial charge < -0.3 is 9.47 Å². The Hall–Kier alpha value is -0.570. The van der Waals surface area contributed by atoms with Crippen molar-refractivity contribution in [3.63, 3.8) is 0 Å². The van der Waals surface area contributed by atoms with Crippen LogP contribution in [0.4, 0.5) is 0 Å². The Kier molecular flexibility index (Phi) is 2.18. The molecule has 1 aliphatic rings. The normalized spacial score (nSPS) is 24.7. The Morgan fingerprint density at radius 2 is 2.27 bits per heavy atom. The van der Waals surface area contributed by atoms with Gasteiger partial charge in [0.1, 0.15) is 12.2 Å². The Bertz CT molecular complexity index is 175. The molecule has 3 heteroatoms. The van der Waals surface area contributed by atoms with Crippen LogP contribution in [0, 0.1) is 0 Å². The summed E-state index contributed by atoms with van der Waals surface area (Å²) in [5.41, 5.74) is -0.370. The molecule has 0 radical (unpaired) electrons. The molecule has 0 aromatic carbocycles. The van der Waals surface area contributed by atoms with Crippen molar-refractivity contribution >= 4 is 5.90 Å². The van der Waals surface area contributed by atoms with Gasteiger partial charge in [-0.3, -0.25) is 0 Å². The van der Waals surface area contributed by atoms with Crippen molar-refractivity contribution in [3.05, 3.63) is 0 Å².